The van der Waals surface area contributed by atoms with Crippen LogP contribution in [0.2, 0.25) is 0 Å². The second-order valence-corrected chi connectivity index (χ2v) is 5.34. The van der Waals surface area contributed by atoms with E-state index < -0.39 is 12.2 Å². The summed E-state index contributed by atoms with van der Waals surface area (Å²) in [5, 5.41) is 0. The summed E-state index contributed by atoms with van der Waals surface area (Å²) in [5.74, 6) is 0.630. The standard InChI is InChI=1S/C14H19FN4O3/c1-21-12-2-3-16-14(17-12)19-9-10(15)8-11(19)13(20)18-4-6-22-7-5-18/h2-3,10-11H,4-9H2,1H3/t10-,11+/m1/s1. The number of nitrogens with zero attached hydrogens (tertiary/aromatic N) is 4. The topological polar surface area (TPSA) is 67.8 Å². The first-order valence-corrected chi connectivity index (χ1v) is 7.33. The molecule has 0 spiro atoms. The third-order valence-corrected chi connectivity index (χ3v) is 3.94. The average Bonchev–Trinajstić information content (AvgIpc) is 2.97. The lowest BCUT2D eigenvalue weighted by molar-refractivity contribution is -0.136. The van der Waals surface area contributed by atoms with Crippen molar-refractivity contribution in [1.82, 2.24) is 14.9 Å². The number of carbonyl (C=O) groups excluding carboxylic acids is 1. The highest BCUT2D eigenvalue weighted by molar-refractivity contribution is 5.85. The van der Waals surface area contributed by atoms with Crippen molar-refractivity contribution in [2.45, 2.75) is 18.6 Å². The lowest BCUT2D eigenvalue weighted by atomic mass is 10.1. The molecule has 7 nitrogen and oxygen atoms in total. The summed E-state index contributed by atoms with van der Waals surface area (Å²) < 4.78 is 24.2. The fraction of sp³-hybridized carbons (Fsp3) is 0.643. The van der Waals surface area contributed by atoms with Gasteiger partial charge in [0.25, 0.3) is 0 Å². The number of aromatic nitrogens is 2. The maximum atomic E-state index is 13.9. The van der Waals surface area contributed by atoms with Crippen LogP contribution in [-0.2, 0) is 9.53 Å². The van der Waals surface area contributed by atoms with Gasteiger partial charge >= 0.3 is 0 Å². The number of hydrogen-bond acceptors (Lipinski definition) is 6. The van der Waals surface area contributed by atoms with Gasteiger partial charge in [-0.3, -0.25) is 4.79 Å². The van der Waals surface area contributed by atoms with Crippen LogP contribution >= 0.6 is 0 Å². The minimum absolute atomic E-state index is 0.0881. The van der Waals surface area contributed by atoms with Crippen molar-refractivity contribution in [2.75, 3.05) is 44.9 Å². The van der Waals surface area contributed by atoms with Crippen LogP contribution < -0.4 is 9.64 Å². The number of halogens is 1. The Bertz CT molecular complexity index is 539. The molecular formula is C14H19FN4O3. The molecule has 0 N–H and O–H groups in total. The summed E-state index contributed by atoms with van der Waals surface area (Å²) >= 11 is 0. The molecule has 8 heteroatoms. The molecule has 0 aromatic carbocycles. The molecule has 2 aliphatic heterocycles. The van der Waals surface area contributed by atoms with Crippen molar-refractivity contribution in [3.63, 3.8) is 0 Å². The predicted octanol–water partition coefficient (Wildman–Crippen LogP) is 0.261. The van der Waals surface area contributed by atoms with Crippen molar-refractivity contribution in [3.05, 3.63) is 12.3 Å². The third kappa shape index (κ3) is 2.96. The van der Waals surface area contributed by atoms with Crippen LogP contribution in [0.3, 0.4) is 0 Å². The summed E-state index contributed by atoms with van der Waals surface area (Å²) in [4.78, 5) is 24.4. The van der Waals surface area contributed by atoms with Gasteiger partial charge in [0, 0.05) is 31.8 Å². The summed E-state index contributed by atoms with van der Waals surface area (Å²) in [6.07, 6.45) is 0.643. The molecule has 120 valence electrons. The Balaban J connectivity index is 1.80. The highest BCUT2D eigenvalue weighted by Crippen LogP contribution is 2.27. The molecule has 3 heterocycles. The van der Waals surface area contributed by atoms with E-state index in [1.165, 1.54) is 7.11 Å². The number of rotatable bonds is 3. The van der Waals surface area contributed by atoms with Gasteiger partial charge in [-0.1, -0.05) is 0 Å². The normalized spacial score (nSPS) is 25.4. The number of hydrogen-bond donors (Lipinski definition) is 0. The smallest absolute Gasteiger partial charge is 0.245 e. The molecule has 1 aromatic heterocycles. The summed E-state index contributed by atoms with van der Waals surface area (Å²) in [7, 11) is 1.50. The number of ether oxygens (including phenoxy) is 2. The number of methoxy groups -OCH3 is 1. The highest BCUT2D eigenvalue weighted by Gasteiger charge is 2.40. The van der Waals surface area contributed by atoms with Crippen LogP contribution in [0.5, 0.6) is 5.88 Å². The Hall–Kier alpha value is -1.96. The molecule has 2 aliphatic rings. The second-order valence-electron chi connectivity index (χ2n) is 5.34. The maximum Gasteiger partial charge on any atom is 0.245 e. The van der Waals surface area contributed by atoms with Gasteiger partial charge in [-0.25, -0.2) is 9.37 Å². The Morgan fingerprint density at radius 1 is 1.45 bits per heavy atom. The minimum Gasteiger partial charge on any atom is -0.481 e. The van der Waals surface area contributed by atoms with Gasteiger partial charge in [-0.05, 0) is 0 Å². The van der Waals surface area contributed by atoms with Gasteiger partial charge in [0.15, 0.2) is 0 Å². The van der Waals surface area contributed by atoms with E-state index in [1.807, 2.05) is 0 Å². The van der Waals surface area contributed by atoms with E-state index in [1.54, 1.807) is 22.1 Å². The first kappa shape index (κ1) is 15.0. The van der Waals surface area contributed by atoms with Crippen molar-refractivity contribution in [3.8, 4) is 5.88 Å². The van der Waals surface area contributed by atoms with Gasteiger partial charge in [-0.15, -0.1) is 0 Å². The molecular weight excluding hydrogens is 291 g/mol. The molecule has 0 bridgehead atoms. The van der Waals surface area contributed by atoms with Crippen LogP contribution in [0.4, 0.5) is 10.3 Å². The Labute approximate surface area is 128 Å². The van der Waals surface area contributed by atoms with Crippen LogP contribution in [-0.4, -0.2) is 72.9 Å². The molecule has 0 radical (unpaired) electrons. The summed E-state index contributed by atoms with van der Waals surface area (Å²) in [6.45, 7) is 2.24. The van der Waals surface area contributed by atoms with E-state index in [0.29, 0.717) is 38.1 Å². The molecule has 1 aromatic rings. The molecule has 2 saturated heterocycles. The third-order valence-electron chi connectivity index (χ3n) is 3.94. The molecule has 0 unspecified atom stereocenters. The van der Waals surface area contributed by atoms with Crippen LogP contribution in [0.15, 0.2) is 12.3 Å². The fourth-order valence-corrected chi connectivity index (χ4v) is 2.82. The first-order valence-electron chi connectivity index (χ1n) is 7.33. The van der Waals surface area contributed by atoms with E-state index in [4.69, 9.17) is 9.47 Å². The quantitative estimate of drug-likeness (QED) is 0.798. The van der Waals surface area contributed by atoms with E-state index in [9.17, 15) is 9.18 Å². The molecule has 2 fully saturated rings. The van der Waals surface area contributed by atoms with Gasteiger partial charge in [0.2, 0.25) is 17.7 Å². The lowest BCUT2D eigenvalue weighted by Gasteiger charge is -2.32. The van der Waals surface area contributed by atoms with Gasteiger partial charge in [-0.2, -0.15) is 4.98 Å². The van der Waals surface area contributed by atoms with Crippen LogP contribution in [0.25, 0.3) is 0 Å². The number of carbonyl (C=O) groups is 1. The van der Waals surface area contributed by atoms with Crippen molar-refractivity contribution in [1.29, 1.82) is 0 Å². The number of amides is 1. The number of alkyl halides is 1. The van der Waals surface area contributed by atoms with E-state index in [0.717, 1.165) is 0 Å². The molecule has 3 rings (SSSR count). The zero-order valence-electron chi connectivity index (χ0n) is 12.4. The monoisotopic (exact) mass is 310 g/mol. The van der Waals surface area contributed by atoms with E-state index >= 15 is 0 Å². The summed E-state index contributed by atoms with van der Waals surface area (Å²) in [6, 6.07) is 1.05. The molecule has 2 atom stereocenters. The Morgan fingerprint density at radius 2 is 2.23 bits per heavy atom. The minimum atomic E-state index is -1.07. The first-order chi connectivity index (χ1) is 10.7. The molecule has 1 amide bonds. The van der Waals surface area contributed by atoms with Gasteiger partial charge in [0.1, 0.15) is 12.2 Å². The van der Waals surface area contributed by atoms with E-state index in [-0.39, 0.29) is 18.9 Å². The molecule has 22 heavy (non-hydrogen) atoms. The van der Waals surface area contributed by atoms with Gasteiger partial charge < -0.3 is 19.3 Å². The lowest BCUT2D eigenvalue weighted by Crippen LogP contribution is -2.50. The largest absolute Gasteiger partial charge is 0.481 e. The van der Waals surface area contributed by atoms with Crippen molar-refractivity contribution < 1.29 is 18.7 Å². The summed E-state index contributed by atoms with van der Waals surface area (Å²) in [5.41, 5.74) is 0. The van der Waals surface area contributed by atoms with Crippen molar-refractivity contribution in [2.24, 2.45) is 0 Å². The SMILES string of the molecule is COc1ccnc(N2C[C@H](F)C[C@H]2C(=O)N2CCOCC2)n1. The van der Waals surface area contributed by atoms with Crippen LogP contribution in [0.1, 0.15) is 6.42 Å². The van der Waals surface area contributed by atoms with Crippen LogP contribution in [0, 0.1) is 0 Å². The van der Waals surface area contributed by atoms with E-state index in [2.05, 4.69) is 9.97 Å². The number of anilines is 1. The fourth-order valence-electron chi connectivity index (χ4n) is 2.82. The zero-order valence-corrected chi connectivity index (χ0v) is 12.4. The highest BCUT2D eigenvalue weighted by atomic mass is 19.1. The maximum absolute atomic E-state index is 13.9. The predicted molar refractivity (Wildman–Crippen MR) is 76.6 cm³/mol. The Morgan fingerprint density at radius 3 is 2.95 bits per heavy atom. The van der Waals surface area contributed by atoms with Gasteiger partial charge in [0.05, 0.1) is 26.9 Å². The molecule has 0 aliphatic carbocycles. The number of morpholine rings is 1. The average molecular weight is 310 g/mol. The molecule has 0 saturated carbocycles. The zero-order chi connectivity index (χ0) is 15.5. The van der Waals surface area contributed by atoms with Crippen molar-refractivity contribution >= 4 is 11.9 Å². The second kappa shape index (κ2) is 6.43. The Kier molecular flexibility index (Phi) is 4.37.